The molecule has 0 rings (SSSR count). The number of ether oxygens (including phenoxy) is 1. The van der Waals surface area contributed by atoms with Gasteiger partial charge in [-0.3, -0.25) is 4.29 Å². The Morgan fingerprint density at radius 1 is 1.44 bits per heavy atom. The van der Waals surface area contributed by atoms with Crippen molar-refractivity contribution in [2.75, 3.05) is 13.2 Å². The van der Waals surface area contributed by atoms with E-state index in [1.807, 2.05) is 13.8 Å². The first-order valence-corrected chi connectivity index (χ1v) is 3.51. The molecule has 0 bridgehead atoms. The van der Waals surface area contributed by atoms with Gasteiger partial charge in [-0.25, -0.2) is 0 Å². The van der Waals surface area contributed by atoms with Crippen molar-refractivity contribution in [2.45, 2.75) is 26.4 Å². The normalized spacial score (nSPS) is 13.7. The smallest absolute Gasteiger partial charge is 0.102 e. The van der Waals surface area contributed by atoms with Crippen LogP contribution in [0.25, 0.3) is 0 Å². The number of hydrogen-bond donors (Lipinski definition) is 0. The quantitative estimate of drug-likeness (QED) is 0.600. The van der Waals surface area contributed by atoms with Crippen molar-refractivity contribution in [2.24, 2.45) is 0 Å². The van der Waals surface area contributed by atoms with Crippen LogP contribution >= 0.6 is 11.9 Å². The third kappa shape index (κ3) is 4.70. The maximum atomic E-state index is 5.12. The van der Waals surface area contributed by atoms with E-state index < -0.39 is 0 Å². The molecule has 0 fully saturated rings. The summed E-state index contributed by atoms with van der Waals surface area (Å²) in [6, 6.07) is 0. The highest BCUT2D eigenvalue weighted by Gasteiger charge is 2.03. The highest BCUT2D eigenvalue weighted by molar-refractivity contribution is 6.07. The maximum absolute atomic E-state index is 5.12. The van der Waals surface area contributed by atoms with Gasteiger partial charge in [0.05, 0.1) is 18.5 Å². The number of rotatable bonds is 5. The molecular formula is C6H13ClO2. The second kappa shape index (κ2) is 6.33. The summed E-state index contributed by atoms with van der Waals surface area (Å²) < 4.78 is 9.62. The van der Waals surface area contributed by atoms with Gasteiger partial charge in [0.15, 0.2) is 0 Å². The molecule has 0 heterocycles. The molecule has 0 spiro atoms. The van der Waals surface area contributed by atoms with Crippen LogP contribution in [0.3, 0.4) is 0 Å². The van der Waals surface area contributed by atoms with Crippen LogP contribution in [0.1, 0.15) is 20.3 Å². The van der Waals surface area contributed by atoms with E-state index in [4.69, 9.17) is 16.6 Å². The fourth-order valence-electron chi connectivity index (χ4n) is 0.456. The zero-order valence-electron chi connectivity index (χ0n) is 5.89. The van der Waals surface area contributed by atoms with E-state index in [1.165, 1.54) is 0 Å². The van der Waals surface area contributed by atoms with Crippen LogP contribution in [-0.2, 0) is 9.03 Å². The molecule has 0 aromatic rings. The Bertz CT molecular complexity index is 55.0. The van der Waals surface area contributed by atoms with Crippen molar-refractivity contribution >= 4 is 11.9 Å². The van der Waals surface area contributed by atoms with Crippen LogP contribution in [0.5, 0.6) is 0 Å². The van der Waals surface area contributed by atoms with Gasteiger partial charge >= 0.3 is 0 Å². The summed E-state index contributed by atoms with van der Waals surface area (Å²) in [7, 11) is 0. The van der Waals surface area contributed by atoms with Gasteiger partial charge in [-0.1, -0.05) is 6.92 Å². The van der Waals surface area contributed by atoms with Gasteiger partial charge in [0, 0.05) is 6.61 Å². The Kier molecular flexibility index (Phi) is 6.48. The average Bonchev–Trinajstić information content (AvgIpc) is 1.91. The van der Waals surface area contributed by atoms with E-state index in [1.54, 1.807) is 0 Å². The molecule has 56 valence electrons. The van der Waals surface area contributed by atoms with Crippen LogP contribution in [0.2, 0.25) is 0 Å². The lowest BCUT2D eigenvalue weighted by molar-refractivity contribution is 0.0601. The van der Waals surface area contributed by atoms with Crippen molar-refractivity contribution in [1.82, 2.24) is 0 Å². The molecule has 1 atom stereocenters. The lowest BCUT2D eigenvalue weighted by Crippen LogP contribution is -2.14. The SMILES string of the molecule is CCOCC(CC)OCl. The first-order chi connectivity index (χ1) is 4.35. The van der Waals surface area contributed by atoms with Crippen molar-refractivity contribution in [1.29, 1.82) is 0 Å². The van der Waals surface area contributed by atoms with Crippen LogP contribution in [-0.4, -0.2) is 19.3 Å². The molecule has 1 unspecified atom stereocenters. The monoisotopic (exact) mass is 152 g/mol. The topological polar surface area (TPSA) is 18.5 Å². The molecule has 0 N–H and O–H groups in total. The van der Waals surface area contributed by atoms with Gasteiger partial charge in [-0.2, -0.15) is 0 Å². The average molecular weight is 153 g/mol. The lowest BCUT2D eigenvalue weighted by Gasteiger charge is -2.08. The van der Waals surface area contributed by atoms with Crippen molar-refractivity contribution < 1.29 is 9.03 Å². The van der Waals surface area contributed by atoms with Gasteiger partial charge in [-0.15, -0.1) is 0 Å². The minimum Gasteiger partial charge on any atom is -0.379 e. The second-order valence-electron chi connectivity index (χ2n) is 1.78. The maximum Gasteiger partial charge on any atom is 0.102 e. The van der Waals surface area contributed by atoms with E-state index in [9.17, 15) is 0 Å². The van der Waals surface area contributed by atoms with E-state index in [2.05, 4.69) is 4.29 Å². The van der Waals surface area contributed by atoms with Crippen LogP contribution < -0.4 is 0 Å². The summed E-state index contributed by atoms with van der Waals surface area (Å²) in [5, 5.41) is 0. The Labute approximate surface area is 61.3 Å². The van der Waals surface area contributed by atoms with Gasteiger partial charge in [0.1, 0.15) is 6.10 Å². The van der Waals surface area contributed by atoms with E-state index in [0.29, 0.717) is 6.61 Å². The summed E-state index contributed by atoms with van der Waals surface area (Å²) in [4.78, 5) is 0. The van der Waals surface area contributed by atoms with E-state index in [0.717, 1.165) is 13.0 Å². The molecule has 0 aromatic carbocycles. The lowest BCUT2D eigenvalue weighted by atomic mass is 10.3. The molecule has 0 radical (unpaired) electrons. The number of halogens is 1. The van der Waals surface area contributed by atoms with Crippen molar-refractivity contribution in [3.63, 3.8) is 0 Å². The molecule has 0 aliphatic rings. The Morgan fingerprint density at radius 3 is 2.44 bits per heavy atom. The van der Waals surface area contributed by atoms with E-state index >= 15 is 0 Å². The first kappa shape index (κ1) is 9.21. The van der Waals surface area contributed by atoms with Crippen molar-refractivity contribution in [3.05, 3.63) is 0 Å². The molecule has 9 heavy (non-hydrogen) atoms. The summed E-state index contributed by atoms with van der Waals surface area (Å²) in [6.45, 7) is 5.26. The second-order valence-corrected chi connectivity index (χ2v) is 1.96. The zero-order chi connectivity index (χ0) is 7.11. The van der Waals surface area contributed by atoms with Gasteiger partial charge < -0.3 is 4.74 Å². The highest BCUT2D eigenvalue weighted by Crippen LogP contribution is 2.00. The zero-order valence-corrected chi connectivity index (χ0v) is 6.65. The molecule has 0 saturated heterocycles. The predicted molar refractivity (Wildman–Crippen MR) is 37.5 cm³/mol. The third-order valence-corrected chi connectivity index (χ3v) is 1.34. The molecular weight excluding hydrogens is 140 g/mol. The molecule has 0 saturated carbocycles. The first-order valence-electron chi connectivity index (χ1n) is 3.20. The van der Waals surface area contributed by atoms with Gasteiger partial charge in [0.25, 0.3) is 0 Å². The minimum absolute atomic E-state index is 0.0478. The van der Waals surface area contributed by atoms with E-state index in [-0.39, 0.29) is 6.10 Å². The molecule has 2 nitrogen and oxygen atoms in total. The molecule has 0 amide bonds. The highest BCUT2D eigenvalue weighted by atomic mass is 35.5. The molecule has 3 heteroatoms. The largest absolute Gasteiger partial charge is 0.379 e. The molecule has 0 aliphatic carbocycles. The minimum atomic E-state index is 0.0478. The van der Waals surface area contributed by atoms with Gasteiger partial charge in [-0.05, 0) is 13.3 Å². The van der Waals surface area contributed by atoms with Crippen LogP contribution in [0, 0.1) is 0 Å². The fourth-order valence-corrected chi connectivity index (χ4v) is 0.633. The standard InChI is InChI=1S/C6H13ClO2/c1-3-6(9-7)5-8-4-2/h6H,3-5H2,1-2H3. The number of hydrogen-bond acceptors (Lipinski definition) is 2. The van der Waals surface area contributed by atoms with Gasteiger partial charge in [0.2, 0.25) is 0 Å². The third-order valence-electron chi connectivity index (χ3n) is 1.09. The molecule has 0 aromatic heterocycles. The summed E-state index contributed by atoms with van der Waals surface area (Å²) in [6.07, 6.45) is 0.940. The summed E-state index contributed by atoms with van der Waals surface area (Å²) in [5.41, 5.74) is 0. The Balaban J connectivity index is 3.09. The van der Waals surface area contributed by atoms with Crippen LogP contribution in [0.4, 0.5) is 0 Å². The molecule has 0 aliphatic heterocycles. The summed E-state index contributed by atoms with van der Waals surface area (Å²) in [5.74, 6) is 0. The Hall–Kier alpha value is 0.210. The Morgan fingerprint density at radius 2 is 2.11 bits per heavy atom. The summed E-state index contributed by atoms with van der Waals surface area (Å²) >= 11 is 5.12. The van der Waals surface area contributed by atoms with Crippen LogP contribution in [0.15, 0.2) is 0 Å². The van der Waals surface area contributed by atoms with Crippen molar-refractivity contribution in [3.8, 4) is 0 Å². The predicted octanol–water partition coefficient (Wildman–Crippen LogP) is 1.97. The fraction of sp³-hybridized carbons (Fsp3) is 1.00.